The standard InChI is InChI=1S/C4H11NO2S2/c1-3-7-4(6)5-9(2)8/h8-9H,3H2,1-2H3,(H,5,6). The molecule has 0 aromatic heterocycles. The Morgan fingerprint density at radius 1 is 1.89 bits per heavy atom. The fraction of sp³-hybridized carbons (Fsp3) is 0.750. The monoisotopic (exact) mass is 169 g/mol. The van der Waals surface area contributed by atoms with Crippen LogP contribution in [0.25, 0.3) is 0 Å². The SMILES string of the molecule is CCOC(=O)N[SH](C)S. The van der Waals surface area contributed by atoms with Crippen LogP contribution in [-0.4, -0.2) is 19.0 Å². The maximum absolute atomic E-state index is 10.5. The molecule has 3 nitrogen and oxygen atoms in total. The van der Waals surface area contributed by atoms with Gasteiger partial charge in [0.1, 0.15) is 0 Å². The van der Waals surface area contributed by atoms with Crippen LogP contribution in [0.4, 0.5) is 4.79 Å². The predicted octanol–water partition coefficient (Wildman–Crippen LogP) is 1.12. The van der Waals surface area contributed by atoms with Gasteiger partial charge in [-0.15, -0.1) is 21.8 Å². The van der Waals surface area contributed by atoms with Crippen LogP contribution in [0.2, 0.25) is 0 Å². The quantitative estimate of drug-likeness (QED) is 0.428. The third-order valence-electron chi connectivity index (χ3n) is 0.529. The zero-order chi connectivity index (χ0) is 7.28. The first-order chi connectivity index (χ1) is 4.16. The summed E-state index contributed by atoms with van der Waals surface area (Å²) in [5.74, 6) is 0. The van der Waals surface area contributed by atoms with E-state index in [4.69, 9.17) is 0 Å². The molecule has 0 aromatic rings. The molecule has 0 aliphatic carbocycles. The van der Waals surface area contributed by atoms with E-state index in [0.29, 0.717) is 6.61 Å². The summed E-state index contributed by atoms with van der Waals surface area (Å²) in [7, 11) is -0.682. The van der Waals surface area contributed by atoms with Gasteiger partial charge in [0.25, 0.3) is 0 Å². The molecule has 1 N–H and O–H groups in total. The van der Waals surface area contributed by atoms with Crippen molar-refractivity contribution in [1.29, 1.82) is 0 Å². The molecule has 0 aliphatic heterocycles. The Bertz CT molecular complexity index is 96.6. The van der Waals surface area contributed by atoms with E-state index in [2.05, 4.69) is 21.1 Å². The van der Waals surface area contributed by atoms with Gasteiger partial charge in [-0.3, -0.25) is 4.72 Å². The van der Waals surface area contributed by atoms with Crippen LogP contribution in [0.5, 0.6) is 0 Å². The Labute approximate surface area is 62.4 Å². The highest BCUT2D eigenvalue weighted by molar-refractivity contribution is 8.77. The molecule has 0 spiro atoms. The molecule has 56 valence electrons. The van der Waals surface area contributed by atoms with Crippen molar-refractivity contribution in [1.82, 2.24) is 4.72 Å². The molecule has 0 bridgehead atoms. The molecule has 9 heavy (non-hydrogen) atoms. The minimum atomic E-state index is -0.682. The summed E-state index contributed by atoms with van der Waals surface area (Å²) in [6.45, 7) is 2.17. The van der Waals surface area contributed by atoms with Crippen LogP contribution in [0, 0.1) is 0 Å². The van der Waals surface area contributed by atoms with Crippen molar-refractivity contribution in [3.8, 4) is 0 Å². The van der Waals surface area contributed by atoms with Crippen molar-refractivity contribution in [3.05, 3.63) is 0 Å². The fourth-order valence-electron chi connectivity index (χ4n) is 0.295. The number of nitrogens with one attached hydrogen (secondary N) is 1. The Kier molecular flexibility index (Phi) is 4.80. The van der Waals surface area contributed by atoms with Gasteiger partial charge in [0.15, 0.2) is 0 Å². The molecular weight excluding hydrogens is 158 g/mol. The summed E-state index contributed by atoms with van der Waals surface area (Å²) in [6.07, 6.45) is 1.43. The molecule has 0 rings (SSSR count). The molecule has 0 fully saturated rings. The zero-order valence-corrected chi connectivity index (χ0v) is 7.21. The third kappa shape index (κ3) is 5.85. The summed E-state index contributed by atoms with van der Waals surface area (Å²) in [5.41, 5.74) is 0. The Balaban J connectivity index is 3.27. The van der Waals surface area contributed by atoms with Gasteiger partial charge in [-0.25, -0.2) is 4.79 Å². The highest BCUT2D eigenvalue weighted by Gasteiger charge is 1.98. The maximum Gasteiger partial charge on any atom is 0.416 e. The number of amides is 1. The lowest BCUT2D eigenvalue weighted by atomic mass is 10.9. The molecule has 0 aliphatic rings. The second-order valence-electron chi connectivity index (χ2n) is 1.36. The molecule has 0 saturated heterocycles. The minimum absolute atomic E-state index is 0.388. The maximum atomic E-state index is 10.5. The van der Waals surface area contributed by atoms with Crippen LogP contribution in [0.3, 0.4) is 0 Å². The molecule has 1 unspecified atom stereocenters. The Hall–Kier alpha value is -0.0300. The lowest BCUT2D eigenvalue weighted by molar-refractivity contribution is 0.159. The highest BCUT2D eigenvalue weighted by Crippen LogP contribution is 2.17. The normalized spacial score (nSPS) is 14.3. The number of rotatable bonds is 2. The van der Waals surface area contributed by atoms with E-state index in [-0.39, 0.29) is 6.09 Å². The van der Waals surface area contributed by atoms with E-state index < -0.39 is 10.1 Å². The number of carbonyl (C=O) groups excluding carboxylic acids is 1. The van der Waals surface area contributed by atoms with Crippen LogP contribution in [-0.2, 0) is 4.74 Å². The lowest BCUT2D eigenvalue weighted by Crippen LogP contribution is -2.18. The number of hydrogen-bond acceptors (Lipinski definition) is 3. The van der Waals surface area contributed by atoms with E-state index in [1.807, 2.05) is 6.26 Å². The second kappa shape index (κ2) is 4.81. The lowest BCUT2D eigenvalue weighted by Gasteiger charge is -2.09. The van der Waals surface area contributed by atoms with Gasteiger partial charge in [-0.05, 0) is 13.2 Å². The molecule has 0 radical (unpaired) electrons. The minimum Gasteiger partial charge on any atom is -0.449 e. The van der Waals surface area contributed by atoms with E-state index in [1.165, 1.54) is 0 Å². The largest absolute Gasteiger partial charge is 0.449 e. The van der Waals surface area contributed by atoms with Gasteiger partial charge >= 0.3 is 6.09 Å². The zero-order valence-electron chi connectivity index (χ0n) is 5.42. The third-order valence-corrected chi connectivity index (χ3v) is 1.33. The number of thiol groups is 2. The number of ether oxygens (including phenoxy) is 1. The summed E-state index contributed by atoms with van der Waals surface area (Å²) >= 11 is 3.98. The summed E-state index contributed by atoms with van der Waals surface area (Å²) < 4.78 is 7.08. The van der Waals surface area contributed by atoms with Crippen LogP contribution < -0.4 is 4.72 Å². The topological polar surface area (TPSA) is 38.3 Å². The molecule has 5 heteroatoms. The predicted molar refractivity (Wildman–Crippen MR) is 44.1 cm³/mol. The number of carbonyl (C=O) groups is 1. The van der Waals surface area contributed by atoms with E-state index in [9.17, 15) is 4.79 Å². The number of hydrogen-bond donors (Lipinski definition) is 3. The highest BCUT2D eigenvalue weighted by atomic mass is 33.1. The smallest absolute Gasteiger partial charge is 0.416 e. The fourth-order valence-corrected chi connectivity index (χ4v) is 0.869. The van der Waals surface area contributed by atoms with Gasteiger partial charge in [-0.2, -0.15) is 0 Å². The van der Waals surface area contributed by atoms with Gasteiger partial charge in [-0.1, -0.05) is 0 Å². The van der Waals surface area contributed by atoms with E-state index in [0.717, 1.165) is 0 Å². The molecule has 0 saturated carbocycles. The van der Waals surface area contributed by atoms with Crippen molar-refractivity contribution in [2.24, 2.45) is 0 Å². The van der Waals surface area contributed by atoms with E-state index >= 15 is 0 Å². The molecule has 0 aromatic carbocycles. The Morgan fingerprint density at radius 3 is 2.78 bits per heavy atom. The van der Waals surface area contributed by atoms with Crippen molar-refractivity contribution < 1.29 is 9.53 Å². The first-order valence-corrected chi connectivity index (χ1v) is 5.47. The van der Waals surface area contributed by atoms with Crippen molar-refractivity contribution in [3.63, 3.8) is 0 Å². The van der Waals surface area contributed by atoms with Crippen molar-refractivity contribution in [2.75, 3.05) is 12.9 Å². The average molecular weight is 169 g/mol. The molecule has 1 atom stereocenters. The van der Waals surface area contributed by atoms with Gasteiger partial charge < -0.3 is 4.74 Å². The molecule has 1 amide bonds. The molecule has 0 heterocycles. The van der Waals surface area contributed by atoms with Crippen LogP contribution >= 0.6 is 21.8 Å². The summed E-state index contributed by atoms with van der Waals surface area (Å²) in [5, 5.41) is 0. The van der Waals surface area contributed by atoms with E-state index in [1.54, 1.807) is 6.92 Å². The van der Waals surface area contributed by atoms with Gasteiger partial charge in [0.05, 0.1) is 6.61 Å². The first kappa shape index (κ1) is 8.97. The van der Waals surface area contributed by atoms with Crippen molar-refractivity contribution >= 4 is 27.9 Å². The average Bonchev–Trinajstić information content (AvgIpc) is 1.63. The van der Waals surface area contributed by atoms with Crippen LogP contribution in [0.15, 0.2) is 0 Å². The summed E-state index contributed by atoms with van der Waals surface area (Å²) in [4.78, 5) is 10.5. The van der Waals surface area contributed by atoms with Crippen molar-refractivity contribution in [2.45, 2.75) is 6.92 Å². The molecular formula is C4H11NO2S2. The van der Waals surface area contributed by atoms with Gasteiger partial charge in [0.2, 0.25) is 0 Å². The second-order valence-corrected chi connectivity index (χ2v) is 4.43. The Morgan fingerprint density at radius 2 is 2.44 bits per heavy atom. The van der Waals surface area contributed by atoms with Gasteiger partial charge in [0, 0.05) is 0 Å². The summed E-state index contributed by atoms with van der Waals surface area (Å²) in [6, 6.07) is 0. The van der Waals surface area contributed by atoms with Crippen LogP contribution in [0.1, 0.15) is 6.92 Å². The first-order valence-electron chi connectivity index (χ1n) is 2.52.